The molecule has 0 radical (unpaired) electrons. The average molecular weight is 212 g/mol. The van der Waals surface area contributed by atoms with Crippen molar-refractivity contribution in [1.82, 2.24) is 4.90 Å². The molecule has 1 saturated carbocycles. The highest BCUT2D eigenvalue weighted by Crippen LogP contribution is 2.31. The Kier molecular flexibility index (Phi) is 3.26. The number of likely N-dealkylation sites (N-methyl/N-ethyl adjacent to an activating group) is 1. The lowest BCUT2D eigenvalue weighted by Gasteiger charge is -2.31. The van der Waals surface area contributed by atoms with E-state index in [1.54, 1.807) is 0 Å². The summed E-state index contributed by atoms with van der Waals surface area (Å²) < 4.78 is 5.00. The molecule has 3 unspecified atom stereocenters. The first kappa shape index (κ1) is 10.9. The van der Waals surface area contributed by atoms with Crippen molar-refractivity contribution in [2.45, 2.75) is 37.8 Å². The minimum Gasteiger partial charge on any atom is -0.464 e. The fourth-order valence-corrected chi connectivity index (χ4v) is 2.91. The molecule has 0 spiro atoms. The van der Waals surface area contributed by atoms with Crippen LogP contribution in [0.15, 0.2) is 0 Å². The lowest BCUT2D eigenvalue weighted by molar-refractivity contribution is -0.142. The number of esters is 1. The predicted octanol–water partition coefficient (Wildman–Crippen LogP) is 0.361. The highest BCUT2D eigenvalue weighted by atomic mass is 16.5. The van der Waals surface area contributed by atoms with E-state index in [1.807, 2.05) is 7.05 Å². The van der Waals surface area contributed by atoms with Crippen LogP contribution in [0.5, 0.6) is 0 Å². The van der Waals surface area contributed by atoms with Gasteiger partial charge in [0.1, 0.15) is 6.04 Å². The van der Waals surface area contributed by atoms with E-state index in [2.05, 4.69) is 4.90 Å². The van der Waals surface area contributed by atoms with Gasteiger partial charge < -0.3 is 10.5 Å². The molecule has 1 saturated heterocycles. The van der Waals surface area contributed by atoms with Crippen molar-refractivity contribution in [3.05, 3.63) is 0 Å². The third kappa shape index (κ3) is 2.01. The molecule has 15 heavy (non-hydrogen) atoms. The molecule has 1 aliphatic heterocycles. The zero-order chi connectivity index (χ0) is 10.8. The van der Waals surface area contributed by atoms with Crippen LogP contribution >= 0.6 is 0 Å². The van der Waals surface area contributed by atoms with Crippen LogP contribution in [-0.2, 0) is 9.53 Å². The van der Waals surface area contributed by atoms with Gasteiger partial charge in [0.25, 0.3) is 0 Å². The van der Waals surface area contributed by atoms with Gasteiger partial charge in [-0.2, -0.15) is 0 Å². The molecule has 4 nitrogen and oxygen atoms in total. The summed E-state index contributed by atoms with van der Waals surface area (Å²) in [5.74, 6) is 0.503. The van der Waals surface area contributed by atoms with Crippen LogP contribution in [0.2, 0.25) is 0 Å². The van der Waals surface area contributed by atoms with Gasteiger partial charge in [-0.3, -0.25) is 9.69 Å². The lowest BCUT2D eigenvalue weighted by Crippen LogP contribution is -2.45. The first-order valence-electron chi connectivity index (χ1n) is 5.82. The molecule has 2 fully saturated rings. The smallest absolute Gasteiger partial charge is 0.323 e. The Balaban J connectivity index is 2.00. The summed E-state index contributed by atoms with van der Waals surface area (Å²) in [5, 5.41) is 0. The van der Waals surface area contributed by atoms with Crippen LogP contribution in [-0.4, -0.2) is 43.2 Å². The lowest BCUT2D eigenvalue weighted by atomic mass is 10.0. The van der Waals surface area contributed by atoms with Crippen molar-refractivity contribution in [3.63, 3.8) is 0 Å². The summed E-state index contributed by atoms with van der Waals surface area (Å²) in [6.45, 7) is 1.31. The summed E-state index contributed by atoms with van der Waals surface area (Å²) in [6, 6.07) is 0.452. The standard InChI is InChI=1S/C11H20N2O2/c1-13(10-5-6-15-11(10)14)9-4-2-3-8(9)7-12/h8-10H,2-7,12H2,1H3. The first-order chi connectivity index (χ1) is 7.24. The van der Waals surface area contributed by atoms with Crippen LogP contribution in [0.3, 0.4) is 0 Å². The Hall–Kier alpha value is -0.610. The number of ether oxygens (including phenoxy) is 1. The Morgan fingerprint density at radius 1 is 1.47 bits per heavy atom. The number of carbonyl (C=O) groups excluding carboxylic acids is 1. The molecule has 0 amide bonds. The van der Waals surface area contributed by atoms with Crippen LogP contribution in [0.1, 0.15) is 25.7 Å². The molecule has 86 valence electrons. The zero-order valence-corrected chi connectivity index (χ0v) is 9.32. The van der Waals surface area contributed by atoms with Crippen molar-refractivity contribution >= 4 is 5.97 Å². The Bertz CT molecular complexity index is 245. The molecule has 0 aromatic heterocycles. The van der Waals surface area contributed by atoms with Gasteiger partial charge >= 0.3 is 5.97 Å². The molecule has 0 aromatic carbocycles. The Morgan fingerprint density at radius 2 is 2.27 bits per heavy atom. The van der Waals surface area contributed by atoms with Crippen molar-refractivity contribution < 1.29 is 9.53 Å². The van der Waals surface area contributed by atoms with E-state index in [9.17, 15) is 4.79 Å². The van der Waals surface area contributed by atoms with Crippen molar-refractivity contribution in [3.8, 4) is 0 Å². The van der Waals surface area contributed by atoms with Gasteiger partial charge in [0, 0.05) is 12.5 Å². The minimum absolute atomic E-state index is 0.0258. The largest absolute Gasteiger partial charge is 0.464 e. The van der Waals surface area contributed by atoms with Crippen LogP contribution < -0.4 is 5.73 Å². The highest BCUT2D eigenvalue weighted by molar-refractivity contribution is 5.77. The fraction of sp³-hybridized carbons (Fsp3) is 0.909. The van der Waals surface area contributed by atoms with Crippen molar-refractivity contribution in [2.75, 3.05) is 20.2 Å². The average Bonchev–Trinajstić information content (AvgIpc) is 2.84. The molecule has 0 aromatic rings. The quantitative estimate of drug-likeness (QED) is 0.686. The zero-order valence-electron chi connectivity index (χ0n) is 9.32. The summed E-state index contributed by atoms with van der Waals surface area (Å²) >= 11 is 0. The molecule has 2 rings (SSSR count). The Labute approximate surface area is 90.8 Å². The van der Waals surface area contributed by atoms with E-state index >= 15 is 0 Å². The molecule has 2 N–H and O–H groups in total. The Morgan fingerprint density at radius 3 is 2.87 bits per heavy atom. The van der Waals surface area contributed by atoms with Gasteiger partial charge in [0.05, 0.1) is 6.61 Å². The first-order valence-corrected chi connectivity index (χ1v) is 5.82. The van der Waals surface area contributed by atoms with Gasteiger partial charge in [0.2, 0.25) is 0 Å². The number of cyclic esters (lactones) is 1. The van der Waals surface area contributed by atoms with Crippen molar-refractivity contribution in [1.29, 1.82) is 0 Å². The third-order valence-corrected chi connectivity index (χ3v) is 3.84. The molecular weight excluding hydrogens is 192 g/mol. The summed E-state index contributed by atoms with van der Waals surface area (Å²) in [6.07, 6.45) is 4.44. The maximum atomic E-state index is 11.5. The second-order valence-corrected chi connectivity index (χ2v) is 4.63. The predicted molar refractivity (Wildman–Crippen MR) is 57.3 cm³/mol. The molecule has 4 heteroatoms. The SMILES string of the molecule is CN(C1CCOC1=O)C1CCCC1CN. The maximum absolute atomic E-state index is 11.5. The second kappa shape index (κ2) is 4.49. The number of hydrogen-bond donors (Lipinski definition) is 1. The summed E-state index contributed by atoms with van der Waals surface area (Å²) in [7, 11) is 2.04. The van der Waals surface area contributed by atoms with E-state index in [1.165, 1.54) is 19.3 Å². The molecular formula is C11H20N2O2. The normalized spacial score (nSPS) is 36.2. The second-order valence-electron chi connectivity index (χ2n) is 4.63. The van der Waals surface area contributed by atoms with E-state index in [-0.39, 0.29) is 12.0 Å². The van der Waals surface area contributed by atoms with Crippen molar-refractivity contribution in [2.24, 2.45) is 11.7 Å². The molecule has 3 atom stereocenters. The van der Waals surface area contributed by atoms with Gasteiger partial charge in [-0.1, -0.05) is 6.42 Å². The number of carbonyl (C=O) groups is 1. The summed E-state index contributed by atoms with van der Waals surface area (Å²) in [4.78, 5) is 13.7. The number of nitrogens with zero attached hydrogens (tertiary/aromatic N) is 1. The number of nitrogens with two attached hydrogens (primary N) is 1. The maximum Gasteiger partial charge on any atom is 0.323 e. The monoisotopic (exact) mass is 212 g/mol. The van der Waals surface area contributed by atoms with Crippen LogP contribution in [0, 0.1) is 5.92 Å². The molecule has 0 bridgehead atoms. The van der Waals surface area contributed by atoms with E-state index < -0.39 is 0 Å². The van der Waals surface area contributed by atoms with Crippen LogP contribution in [0.25, 0.3) is 0 Å². The molecule has 2 aliphatic rings. The van der Waals surface area contributed by atoms with Gasteiger partial charge in [-0.15, -0.1) is 0 Å². The van der Waals surface area contributed by atoms with Gasteiger partial charge in [0.15, 0.2) is 0 Å². The molecule has 1 heterocycles. The van der Waals surface area contributed by atoms with Crippen LogP contribution in [0.4, 0.5) is 0 Å². The number of hydrogen-bond acceptors (Lipinski definition) is 4. The highest BCUT2D eigenvalue weighted by Gasteiger charge is 2.38. The minimum atomic E-state index is -0.0554. The summed E-state index contributed by atoms with van der Waals surface area (Å²) in [5.41, 5.74) is 5.75. The fourth-order valence-electron chi connectivity index (χ4n) is 2.91. The van der Waals surface area contributed by atoms with E-state index in [0.717, 1.165) is 13.0 Å². The number of rotatable bonds is 3. The molecule has 1 aliphatic carbocycles. The van der Waals surface area contributed by atoms with Gasteiger partial charge in [-0.05, 0) is 32.4 Å². The van der Waals surface area contributed by atoms with Gasteiger partial charge in [-0.25, -0.2) is 0 Å². The van der Waals surface area contributed by atoms with E-state index in [4.69, 9.17) is 10.5 Å². The topological polar surface area (TPSA) is 55.6 Å². The third-order valence-electron chi connectivity index (χ3n) is 3.84. The van der Waals surface area contributed by atoms with E-state index in [0.29, 0.717) is 18.6 Å².